The highest BCUT2D eigenvalue weighted by Gasteiger charge is 2.13. The van der Waals surface area contributed by atoms with Crippen LogP contribution in [0.3, 0.4) is 0 Å². The Bertz CT molecular complexity index is 1100. The number of rotatable bonds is 6. The van der Waals surface area contributed by atoms with Gasteiger partial charge in [-0.15, -0.1) is 0 Å². The summed E-state index contributed by atoms with van der Waals surface area (Å²) in [5.74, 6) is -0.335. The van der Waals surface area contributed by atoms with Gasteiger partial charge in [0.05, 0.1) is 21.9 Å². The number of para-hydroxylation sites is 1. The van der Waals surface area contributed by atoms with Crippen LogP contribution in [0.25, 0.3) is 5.69 Å². The molecule has 144 valence electrons. The first kappa shape index (κ1) is 19.5. The van der Waals surface area contributed by atoms with E-state index in [9.17, 15) is 13.2 Å². The Balaban J connectivity index is 1.78. The van der Waals surface area contributed by atoms with Crippen LogP contribution in [-0.2, 0) is 10.0 Å². The average Bonchev–Trinajstić information content (AvgIpc) is 3.26. The van der Waals surface area contributed by atoms with Crippen LogP contribution >= 0.6 is 0 Å². The summed E-state index contributed by atoms with van der Waals surface area (Å²) in [6.45, 7) is 1.74. The van der Waals surface area contributed by atoms with Crippen LogP contribution in [0.1, 0.15) is 22.8 Å². The lowest BCUT2D eigenvalue weighted by atomic mass is 10.1. The first-order valence-corrected chi connectivity index (χ1v) is 10.0. The lowest BCUT2D eigenvalue weighted by Gasteiger charge is -2.10. The summed E-state index contributed by atoms with van der Waals surface area (Å²) in [7, 11) is -2.13. The quantitative estimate of drug-likeness (QED) is 0.495. The smallest absolute Gasteiger partial charge is 0.273 e. The molecule has 3 rings (SSSR count). The van der Waals surface area contributed by atoms with E-state index in [4.69, 9.17) is 0 Å². The normalized spacial score (nSPS) is 12.0. The van der Waals surface area contributed by atoms with Gasteiger partial charge in [-0.2, -0.15) is 5.10 Å². The Labute approximate surface area is 163 Å². The van der Waals surface area contributed by atoms with Crippen molar-refractivity contribution in [2.75, 3.05) is 7.05 Å². The SMILES string of the molecule is CNS(=O)(=O)c1ccc(/C(C)=N\NC(=O)c2ccccc2-n2cccc2)cc1. The summed E-state index contributed by atoms with van der Waals surface area (Å²) in [5, 5.41) is 4.15. The van der Waals surface area contributed by atoms with E-state index in [0.717, 1.165) is 5.69 Å². The molecule has 1 heterocycles. The molecule has 8 heteroatoms. The number of hydrazone groups is 1. The minimum absolute atomic E-state index is 0.163. The molecule has 1 amide bonds. The molecule has 2 aromatic carbocycles. The van der Waals surface area contributed by atoms with Crippen molar-refractivity contribution >= 4 is 21.6 Å². The molecule has 0 atom stereocenters. The van der Waals surface area contributed by atoms with E-state index in [-0.39, 0.29) is 10.8 Å². The van der Waals surface area contributed by atoms with Crippen LogP contribution < -0.4 is 10.1 Å². The van der Waals surface area contributed by atoms with Crippen LogP contribution in [0.4, 0.5) is 0 Å². The molecule has 28 heavy (non-hydrogen) atoms. The predicted octanol–water partition coefficient (Wildman–Crippen LogP) is 2.54. The maximum Gasteiger partial charge on any atom is 0.273 e. The molecule has 0 bridgehead atoms. The predicted molar refractivity (Wildman–Crippen MR) is 108 cm³/mol. The van der Waals surface area contributed by atoms with Gasteiger partial charge in [0.1, 0.15) is 0 Å². The maximum absolute atomic E-state index is 12.6. The third-order valence-corrected chi connectivity index (χ3v) is 5.64. The summed E-state index contributed by atoms with van der Waals surface area (Å²) in [5.41, 5.74) is 5.06. The second kappa shape index (κ2) is 8.20. The molecule has 0 saturated heterocycles. The highest BCUT2D eigenvalue weighted by molar-refractivity contribution is 7.89. The third kappa shape index (κ3) is 4.19. The number of nitrogens with zero attached hydrogens (tertiary/aromatic N) is 2. The monoisotopic (exact) mass is 396 g/mol. The lowest BCUT2D eigenvalue weighted by molar-refractivity contribution is 0.0955. The highest BCUT2D eigenvalue weighted by atomic mass is 32.2. The molecule has 0 fully saturated rings. The van der Waals surface area contributed by atoms with Crippen molar-refractivity contribution in [2.24, 2.45) is 5.10 Å². The zero-order valence-electron chi connectivity index (χ0n) is 15.5. The van der Waals surface area contributed by atoms with Crippen molar-refractivity contribution in [3.63, 3.8) is 0 Å². The molecular formula is C20H20N4O3S. The van der Waals surface area contributed by atoms with Crippen LogP contribution in [-0.4, -0.2) is 31.7 Å². The Morgan fingerprint density at radius 3 is 2.25 bits per heavy atom. The number of aromatic nitrogens is 1. The minimum atomic E-state index is -3.49. The van der Waals surface area contributed by atoms with Crippen molar-refractivity contribution < 1.29 is 13.2 Å². The molecule has 0 radical (unpaired) electrons. The van der Waals surface area contributed by atoms with Crippen LogP contribution in [0, 0.1) is 0 Å². The molecule has 2 N–H and O–H groups in total. The number of amides is 1. The number of carbonyl (C=O) groups is 1. The largest absolute Gasteiger partial charge is 0.323 e. The molecular weight excluding hydrogens is 376 g/mol. The van der Waals surface area contributed by atoms with Gasteiger partial charge in [-0.3, -0.25) is 4.79 Å². The molecule has 0 aliphatic heterocycles. The summed E-state index contributed by atoms with van der Waals surface area (Å²) in [6.07, 6.45) is 3.72. The zero-order chi connectivity index (χ0) is 20.1. The Morgan fingerprint density at radius 1 is 0.964 bits per heavy atom. The van der Waals surface area contributed by atoms with Gasteiger partial charge in [0.25, 0.3) is 5.91 Å². The fourth-order valence-electron chi connectivity index (χ4n) is 2.64. The number of hydrogen-bond donors (Lipinski definition) is 2. The molecule has 0 saturated carbocycles. The van der Waals surface area contributed by atoms with Crippen molar-refractivity contribution in [2.45, 2.75) is 11.8 Å². The van der Waals surface area contributed by atoms with E-state index >= 15 is 0 Å². The fraction of sp³-hybridized carbons (Fsp3) is 0.100. The van der Waals surface area contributed by atoms with Gasteiger partial charge in [-0.05, 0) is 55.9 Å². The molecule has 3 aromatic rings. The van der Waals surface area contributed by atoms with Crippen LogP contribution in [0.2, 0.25) is 0 Å². The zero-order valence-corrected chi connectivity index (χ0v) is 16.3. The van der Waals surface area contributed by atoms with Gasteiger partial charge < -0.3 is 4.57 Å². The van der Waals surface area contributed by atoms with E-state index in [0.29, 0.717) is 16.8 Å². The van der Waals surface area contributed by atoms with Crippen LogP contribution in [0.15, 0.2) is 83.1 Å². The van der Waals surface area contributed by atoms with Crippen molar-refractivity contribution in [1.29, 1.82) is 0 Å². The van der Waals surface area contributed by atoms with Gasteiger partial charge in [-0.25, -0.2) is 18.6 Å². The second-order valence-electron chi connectivity index (χ2n) is 5.98. The van der Waals surface area contributed by atoms with Gasteiger partial charge in [0.2, 0.25) is 10.0 Å². The van der Waals surface area contributed by atoms with Crippen molar-refractivity contribution in [1.82, 2.24) is 14.7 Å². The van der Waals surface area contributed by atoms with Gasteiger partial charge >= 0.3 is 0 Å². The first-order valence-electron chi connectivity index (χ1n) is 8.53. The summed E-state index contributed by atoms with van der Waals surface area (Å²) >= 11 is 0. The molecule has 7 nitrogen and oxygen atoms in total. The van der Waals surface area contributed by atoms with E-state index in [1.807, 2.05) is 41.2 Å². The van der Waals surface area contributed by atoms with Crippen molar-refractivity contribution in [3.05, 3.63) is 84.2 Å². The topological polar surface area (TPSA) is 92.6 Å². The van der Waals surface area contributed by atoms with E-state index < -0.39 is 10.0 Å². The van der Waals surface area contributed by atoms with E-state index in [1.165, 1.54) is 19.2 Å². The summed E-state index contributed by atoms with van der Waals surface area (Å²) in [4.78, 5) is 12.8. The fourth-order valence-corrected chi connectivity index (χ4v) is 3.37. The summed E-state index contributed by atoms with van der Waals surface area (Å²) < 4.78 is 27.7. The van der Waals surface area contributed by atoms with Gasteiger partial charge in [0, 0.05) is 12.4 Å². The molecule has 0 aliphatic carbocycles. The highest BCUT2D eigenvalue weighted by Crippen LogP contribution is 2.15. The minimum Gasteiger partial charge on any atom is -0.323 e. The molecule has 1 aromatic heterocycles. The lowest BCUT2D eigenvalue weighted by Crippen LogP contribution is -2.21. The van der Waals surface area contributed by atoms with E-state index in [1.54, 1.807) is 31.2 Å². The standard InChI is InChI=1S/C20H20N4O3S/c1-15(16-9-11-17(12-10-16)28(26,27)21-2)22-23-20(25)18-7-3-4-8-19(18)24-13-5-6-14-24/h3-14,21H,1-2H3,(H,23,25)/b22-15-. The van der Waals surface area contributed by atoms with E-state index in [2.05, 4.69) is 15.2 Å². The Morgan fingerprint density at radius 2 is 1.61 bits per heavy atom. The number of carbonyl (C=O) groups excluding carboxylic acids is 1. The second-order valence-corrected chi connectivity index (χ2v) is 7.86. The Kier molecular flexibility index (Phi) is 5.72. The number of sulfonamides is 1. The average molecular weight is 396 g/mol. The number of hydrogen-bond acceptors (Lipinski definition) is 4. The Hall–Kier alpha value is -3.23. The molecule has 0 unspecified atom stereocenters. The summed E-state index contributed by atoms with van der Waals surface area (Å²) in [6, 6.07) is 17.3. The van der Waals surface area contributed by atoms with Gasteiger partial charge in [0.15, 0.2) is 0 Å². The van der Waals surface area contributed by atoms with Gasteiger partial charge in [-0.1, -0.05) is 24.3 Å². The molecule has 0 aliphatic rings. The third-order valence-electron chi connectivity index (χ3n) is 4.21. The molecule has 0 spiro atoms. The number of benzene rings is 2. The number of nitrogens with one attached hydrogen (secondary N) is 2. The first-order chi connectivity index (χ1) is 13.4. The maximum atomic E-state index is 12.6. The van der Waals surface area contributed by atoms with Crippen molar-refractivity contribution in [3.8, 4) is 5.69 Å². The van der Waals surface area contributed by atoms with Crippen LogP contribution in [0.5, 0.6) is 0 Å².